The van der Waals surface area contributed by atoms with E-state index in [9.17, 15) is 14.7 Å². The molecular formula is C17H18BrNO4. The third-order valence-electron chi connectivity index (χ3n) is 3.85. The molecule has 1 atom stereocenters. The van der Waals surface area contributed by atoms with Crippen molar-refractivity contribution < 1.29 is 19.4 Å². The highest BCUT2D eigenvalue weighted by molar-refractivity contribution is 9.10. The highest BCUT2D eigenvalue weighted by atomic mass is 79.9. The molecule has 0 amide bonds. The second-order valence-electron chi connectivity index (χ2n) is 6.08. The van der Waals surface area contributed by atoms with Crippen LogP contribution in [0.5, 0.6) is 0 Å². The van der Waals surface area contributed by atoms with Crippen LogP contribution in [0, 0.1) is 11.3 Å². The van der Waals surface area contributed by atoms with Crippen LogP contribution >= 0.6 is 15.9 Å². The standard InChI is InChI=1S/C17H18BrNO4/c1-17(2)8-13(20)12(15(21)14(17)16(22)23-3)9-19-11-6-4-10(18)5-7-11/h4-7,9,14,20H,8H2,1-3H3. The Morgan fingerprint density at radius 3 is 2.57 bits per heavy atom. The minimum atomic E-state index is -0.949. The monoisotopic (exact) mass is 379 g/mol. The third-order valence-corrected chi connectivity index (χ3v) is 4.38. The number of hydrogen-bond acceptors (Lipinski definition) is 5. The largest absolute Gasteiger partial charge is 0.511 e. The molecule has 1 aliphatic carbocycles. The van der Waals surface area contributed by atoms with E-state index in [1.807, 2.05) is 12.1 Å². The van der Waals surface area contributed by atoms with Crippen molar-refractivity contribution in [3.8, 4) is 0 Å². The molecule has 1 aromatic carbocycles. The third kappa shape index (κ3) is 3.69. The summed E-state index contributed by atoms with van der Waals surface area (Å²) in [6.07, 6.45) is 1.52. The normalized spacial score (nSPS) is 20.9. The number of halogens is 1. The molecule has 0 spiro atoms. The fourth-order valence-corrected chi connectivity index (χ4v) is 2.89. The highest BCUT2D eigenvalue weighted by Crippen LogP contribution is 2.41. The fraction of sp³-hybridized carbons (Fsp3) is 0.353. The molecule has 1 aliphatic rings. The number of aliphatic imine (C=N–C) groups is 1. The molecule has 0 aliphatic heterocycles. The van der Waals surface area contributed by atoms with Crippen LogP contribution in [0.25, 0.3) is 0 Å². The second kappa shape index (κ2) is 6.66. The number of rotatable bonds is 3. The van der Waals surface area contributed by atoms with Gasteiger partial charge in [0.1, 0.15) is 11.7 Å². The van der Waals surface area contributed by atoms with E-state index in [1.54, 1.807) is 26.0 Å². The number of ether oxygens (including phenoxy) is 1. The van der Waals surface area contributed by atoms with E-state index in [-0.39, 0.29) is 17.8 Å². The number of carbonyl (C=O) groups excluding carboxylic acids is 2. The van der Waals surface area contributed by atoms with Crippen molar-refractivity contribution in [2.45, 2.75) is 20.3 Å². The molecule has 0 saturated heterocycles. The van der Waals surface area contributed by atoms with Crippen LogP contribution in [0.3, 0.4) is 0 Å². The maximum Gasteiger partial charge on any atom is 0.317 e. The molecule has 0 bridgehead atoms. The zero-order chi connectivity index (χ0) is 17.2. The molecule has 0 heterocycles. The number of esters is 1. The lowest BCUT2D eigenvalue weighted by molar-refractivity contribution is -0.154. The molecular weight excluding hydrogens is 362 g/mol. The van der Waals surface area contributed by atoms with E-state index < -0.39 is 23.1 Å². The molecule has 0 radical (unpaired) electrons. The van der Waals surface area contributed by atoms with Crippen LogP contribution in [0.2, 0.25) is 0 Å². The first-order chi connectivity index (χ1) is 10.8. The van der Waals surface area contributed by atoms with E-state index >= 15 is 0 Å². The molecule has 6 heteroatoms. The number of hydrogen-bond donors (Lipinski definition) is 1. The first-order valence-corrected chi connectivity index (χ1v) is 7.89. The van der Waals surface area contributed by atoms with E-state index in [0.717, 1.165) is 4.47 Å². The van der Waals surface area contributed by atoms with Crippen molar-refractivity contribution in [2.75, 3.05) is 7.11 Å². The number of benzene rings is 1. The minimum Gasteiger partial charge on any atom is -0.511 e. The van der Waals surface area contributed by atoms with Crippen LogP contribution < -0.4 is 0 Å². The average molecular weight is 380 g/mol. The summed E-state index contributed by atoms with van der Waals surface area (Å²) >= 11 is 3.33. The lowest BCUT2D eigenvalue weighted by Crippen LogP contribution is -2.43. The molecule has 1 N–H and O–H groups in total. The lowest BCUT2D eigenvalue weighted by atomic mass is 9.68. The van der Waals surface area contributed by atoms with Crippen molar-refractivity contribution in [3.05, 3.63) is 40.1 Å². The van der Waals surface area contributed by atoms with Crippen LogP contribution in [-0.2, 0) is 14.3 Å². The molecule has 0 saturated carbocycles. The molecule has 23 heavy (non-hydrogen) atoms. The summed E-state index contributed by atoms with van der Waals surface area (Å²) in [4.78, 5) is 28.8. The Morgan fingerprint density at radius 1 is 1.39 bits per heavy atom. The lowest BCUT2D eigenvalue weighted by Gasteiger charge is -2.35. The highest BCUT2D eigenvalue weighted by Gasteiger charge is 2.47. The number of carbonyl (C=O) groups is 2. The van der Waals surface area contributed by atoms with Gasteiger partial charge in [-0.25, -0.2) is 0 Å². The Labute approximate surface area is 143 Å². The first-order valence-electron chi connectivity index (χ1n) is 7.10. The van der Waals surface area contributed by atoms with Gasteiger partial charge in [0.15, 0.2) is 5.78 Å². The van der Waals surface area contributed by atoms with Gasteiger partial charge in [-0.05, 0) is 29.7 Å². The van der Waals surface area contributed by atoms with Crippen molar-refractivity contribution in [1.29, 1.82) is 0 Å². The van der Waals surface area contributed by atoms with Crippen molar-refractivity contribution in [1.82, 2.24) is 0 Å². The maximum absolute atomic E-state index is 12.6. The van der Waals surface area contributed by atoms with E-state index in [2.05, 4.69) is 20.9 Å². The maximum atomic E-state index is 12.6. The van der Waals surface area contributed by atoms with Crippen LogP contribution in [0.4, 0.5) is 5.69 Å². The summed E-state index contributed by atoms with van der Waals surface area (Å²) in [5.41, 5.74) is -0.00756. The topological polar surface area (TPSA) is 76.0 Å². The average Bonchev–Trinajstić information content (AvgIpc) is 2.47. The summed E-state index contributed by atoms with van der Waals surface area (Å²) in [5.74, 6) is -2.07. The number of nitrogens with zero attached hydrogens (tertiary/aromatic N) is 1. The number of methoxy groups -OCH3 is 1. The Morgan fingerprint density at radius 2 is 2.00 bits per heavy atom. The quantitative estimate of drug-likeness (QED) is 0.492. The smallest absolute Gasteiger partial charge is 0.317 e. The summed E-state index contributed by atoms with van der Waals surface area (Å²) in [7, 11) is 1.25. The number of Topliss-reactive ketones (excluding diaryl/α,β-unsaturated/α-hetero) is 1. The van der Waals surface area contributed by atoms with E-state index in [0.29, 0.717) is 5.69 Å². The molecule has 0 fully saturated rings. The van der Waals surface area contributed by atoms with Crippen LogP contribution in [0.15, 0.2) is 45.1 Å². The predicted octanol–water partition coefficient (Wildman–Crippen LogP) is 3.75. The molecule has 2 rings (SSSR count). The van der Waals surface area contributed by atoms with Crippen molar-refractivity contribution >= 4 is 39.6 Å². The molecule has 1 unspecified atom stereocenters. The van der Waals surface area contributed by atoms with Crippen LogP contribution in [0.1, 0.15) is 20.3 Å². The van der Waals surface area contributed by atoms with Gasteiger partial charge in [0.05, 0.1) is 18.4 Å². The van der Waals surface area contributed by atoms with Crippen LogP contribution in [-0.4, -0.2) is 30.2 Å². The minimum absolute atomic E-state index is 0.0546. The predicted molar refractivity (Wildman–Crippen MR) is 90.9 cm³/mol. The Bertz CT molecular complexity index is 689. The van der Waals surface area contributed by atoms with Gasteiger partial charge in [-0.2, -0.15) is 0 Å². The SMILES string of the molecule is COC(=O)C1C(=O)C(C=Nc2ccc(Br)cc2)=C(O)CC1(C)C. The van der Waals surface area contributed by atoms with E-state index in [4.69, 9.17) is 4.74 Å². The summed E-state index contributed by atoms with van der Waals surface area (Å²) in [6.45, 7) is 3.51. The Balaban J connectivity index is 2.35. The Kier molecular flexibility index (Phi) is 5.04. The van der Waals surface area contributed by atoms with E-state index in [1.165, 1.54) is 13.3 Å². The molecule has 1 aromatic rings. The molecule has 5 nitrogen and oxygen atoms in total. The Hall–Kier alpha value is -1.95. The van der Waals surface area contributed by atoms with Crippen molar-refractivity contribution in [2.24, 2.45) is 16.3 Å². The zero-order valence-electron chi connectivity index (χ0n) is 13.2. The van der Waals surface area contributed by atoms with Crippen molar-refractivity contribution in [3.63, 3.8) is 0 Å². The molecule has 122 valence electrons. The second-order valence-corrected chi connectivity index (χ2v) is 7.00. The summed E-state index contributed by atoms with van der Waals surface area (Å²) in [6, 6.07) is 7.19. The van der Waals surface area contributed by atoms with Gasteiger partial charge in [-0.3, -0.25) is 14.6 Å². The van der Waals surface area contributed by atoms with Gasteiger partial charge >= 0.3 is 5.97 Å². The number of allylic oxidation sites excluding steroid dienone is 2. The summed E-state index contributed by atoms with van der Waals surface area (Å²) < 4.78 is 5.66. The van der Waals surface area contributed by atoms with Gasteiger partial charge in [0, 0.05) is 17.1 Å². The van der Waals surface area contributed by atoms with Gasteiger partial charge in [0.2, 0.25) is 0 Å². The van der Waals surface area contributed by atoms with Gasteiger partial charge < -0.3 is 9.84 Å². The summed E-state index contributed by atoms with van der Waals surface area (Å²) in [5, 5.41) is 10.2. The molecule has 0 aromatic heterocycles. The van der Waals surface area contributed by atoms with Gasteiger partial charge in [0.25, 0.3) is 0 Å². The fourth-order valence-electron chi connectivity index (χ4n) is 2.63. The van der Waals surface area contributed by atoms with Gasteiger partial charge in [-0.1, -0.05) is 29.8 Å². The first kappa shape index (κ1) is 17.4. The number of ketones is 1. The zero-order valence-corrected chi connectivity index (χ0v) is 14.8. The van der Waals surface area contributed by atoms with Gasteiger partial charge in [-0.15, -0.1) is 0 Å². The number of aliphatic hydroxyl groups excluding tert-OH is 1. The number of aliphatic hydroxyl groups is 1.